The highest BCUT2D eigenvalue weighted by molar-refractivity contribution is 5.80. The van der Waals surface area contributed by atoms with Crippen molar-refractivity contribution in [3.63, 3.8) is 0 Å². The molecule has 0 aliphatic carbocycles. The molecule has 0 unspecified atom stereocenters. The lowest BCUT2D eigenvalue weighted by atomic mass is 9.91. The van der Waals surface area contributed by atoms with Crippen molar-refractivity contribution in [2.24, 2.45) is 12.8 Å². The maximum atomic E-state index is 11.4. The number of aromatic nitrogens is 5. The number of anilines is 1. The van der Waals surface area contributed by atoms with Gasteiger partial charge in [-0.2, -0.15) is 19.8 Å². The van der Waals surface area contributed by atoms with E-state index >= 15 is 0 Å². The molecule has 0 aromatic carbocycles. The Kier molecular flexibility index (Phi) is 3.85. The molecule has 5 N–H and O–H groups in total. The summed E-state index contributed by atoms with van der Waals surface area (Å²) in [6.07, 6.45) is 6.49. The summed E-state index contributed by atoms with van der Waals surface area (Å²) in [5.41, 5.74) is 14.6. The summed E-state index contributed by atoms with van der Waals surface area (Å²) in [5, 5.41) is 19.6. The smallest absolute Gasteiger partial charge is 0.237 e. The number of hydroxylamine groups is 2. The second-order valence-corrected chi connectivity index (χ2v) is 6.62. The molecular weight excluding hydrogens is 336 g/mol. The first-order valence-corrected chi connectivity index (χ1v) is 8.32. The summed E-state index contributed by atoms with van der Waals surface area (Å²) in [6.45, 7) is 0.270. The zero-order chi connectivity index (χ0) is 18.4. The van der Waals surface area contributed by atoms with E-state index in [0.717, 1.165) is 21.9 Å². The lowest BCUT2D eigenvalue weighted by Gasteiger charge is -2.33. The number of nitrogens with zero attached hydrogens (tertiary/aromatic N) is 6. The van der Waals surface area contributed by atoms with E-state index < -0.39 is 11.9 Å². The van der Waals surface area contributed by atoms with Crippen molar-refractivity contribution < 1.29 is 10.0 Å². The SMILES string of the molecule is Cn1cc(-c2cnn3c(N)cc([C@H]4CC[C@@H](C(N)=O)N(O)C4)nc23)cn1. The fourth-order valence-electron chi connectivity index (χ4n) is 3.46. The quantitative estimate of drug-likeness (QED) is 0.606. The average molecular weight is 356 g/mol. The van der Waals surface area contributed by atoms with Gasteiger partial charge in [-0.05, 0) is 12.8 Å². The summed E-state index contributed by atoms with van der Waals surface area (Å²) in [6, 6.07) is 1.10. The van der Waals surface area contributed by atoms with Crippen LogP contribution in [0.4, 0.5) is 5.82 Å². The molecule has 26 heavy (non-hydrogen) atoms. The normalized spacial score (nSPS) is 21.3. The highest BCUT2D eigenvalue weighted by Crippen LogP contribution is 2.31. The van der Waals surface area contributed by atoms with Gasteiger partial charge in [-0.25, -0.2) is 4.98 Å². The third kappa shape index (κ3) is 2.68. The maximum absolute atomic E-state index is 11.4. The number of hydrogen-bond donors (Lipinski definition) is 3. The van der Waals surface area contributed by atoms with Gasteiger partial charge in [0.25, 0.3) is 0 Å². The molecule has 0 spiro atoms. The minimum Gasteiger partial charge on any atom is -0.384 e. The number of carbonyl (C=O) groups excluding carboxylic acids is 1. The molecule has 4 rings (SSSR count). The molecule has 1 aliphatic heterocycles. The topological polar surface area (TPSA) is 141 Å². The molecule has 0 bridgehead atoms. The Hall–Kier alpha value is -2.98. The van der Waals surface area contributed by atoms with Gasteiger partial charge < -0.3 is 16.7 Å². The lowest BCUT2D eigenvalue weighted by molar-refractivity contribution is -0.163. The summed E-state index contributed by atoms with van der Waals surface area (Å²) in [5.74, 6) is -0.121. The van der Waals surface area contributed by atoms with Crippen molar-refractivity contribution in [2.45, 2.75) is 24.8 Å². The van der Waals surface area contributed by atoms with Crippen molar-refractivity contribution in [2.75, 3.05) is 12.3 Å². The fraction of sp³-hybridized carbons (Fsp3) is 0.375. The van der Waals surface area contributed by atoms with Crippen LogP contribution < -0.4 is 11.5 Å². The number of piperidine rings is 1. The van der Waals surface area contributed by atoms with E-state index in [9.17, 15) is 10.0 Å². The Labute approximate surface area is 149 Å². The summed E-state index contributed by atoms with van der Waals surface area (Å²) in [7, 11) is 1.84. The van der Waals surface area contributed by atoms with Crippen LogP contribution in [-0.4, -0.2) is 53.1 Å². The van der Waals surface area contributed by atoms with Gasteiger partial charge in [-0.1, -0.05) is 0 Å². The summed E-state index contributed by atoms with van der Waals surface area (Å²) < 4.78 is 3.29. The molecular formula is C16H20N8O2. The third-order valence-electron chi connectivity index (χ3n) is 4.84. The van der Waals surface area contributed by atoms with Crippen LogP contribution >= 0.6 is 0 Å². The molecule has 0 radical (unpaired) electrons. The highest BCUT2D eigenvalue weighted by atomic mass is 16.5. The highest BCUT2D eigenvalue weighted by Gasteiger charge is 2.32. The van der Waals surface area contributed by atoms with E-state index in [0.29, 0.717) is 24.3 Å². The predicted octanol–water partition coefficient (Wildman–Crippen LogP) is 0.135. The molecule has 0 saturated carbocycles. The minimum atomic E-state index is -0.659. The van der Waals surface area contributed by atoms with E-state index in [4.69, 9.17) is 16.5 Å². The van der Waals surface area contributed by atoms with E-state index in [-0.39, 0.29) is 12.5 Å². The summed E-state index contributed by atoms with van der Waals surface area (Å²) >= 11 is 0. The van der Waals surface area contributed by atoms with Crippen molar-refractivity contribution >= 4 is 17.4 Å². The van der Waals surface area contributed by atoms with Crippen molar-refractivity contribution in [1.29, 1.82) is 0 Å². The van der Waals surface area contributed by atoms with Crippen molar-refractivity contribution in [1.82, 2.24) is 29.4 Å². The number of primary amides is 1. The predicted molar refractivity (Wildman–Crippen MR) is 93.1 cm³/mol. The number of fused-ring (bicyclic) bond motifs is 1. The Bertz CT molecular complexity index is 978. The number of nitrogen functional groups attached to an aromatic ring is 1. The largest absolute Gasteiger partial charge is 0.384 e. The first-order valence-electron chi connectivity index (χ1n) is 8.32. The molecule has 1 fully saturated rings. The van der Waals surface area contributed by atoms with E-state index in [2.05, 4.69) is 10.2 Å². The van der Waals surface area contributed by atoms with Gasteiger partial charge in [0.2, 0.25) is 5.91 Å². The first-order chi connectivity index (χ1) is 12.4. The zero-order valence-corrected chi connectivity index (χ0v) is 14.3. The number of hydrogen-bond acceptors (Lipinski definition) is 7. The molecule has 1 amide bonds. The molecule has 10 heteroatoms. The summed E-state index contributed by atoms with van der Waals surface area (Å²) in [4.78, 5) is 16.1. The van der Waals surface area contributed by atoms with Crippen LogP contribution in [0.25, 0.3) is 16.8 Å². The van der Waals surface area contributed by atoms with Gasteiger partial charge in [0, 0.05) is 42.9 Å². The Morgan fingerprint density at radius 1 is 1.31 bits per heavy atom. The number of amides is 1. The van der Waals surface area contributed by atoms with Crippen LogP contribution in [0.2, 0.25) is 0 Å². The van der Waals surface area contributed by atoms with Crippen LogP contribution in [0.15, 0.2) is 24.7 Å². The van der Waals surface area contributed by atoms with Crippen LogP contribution in [-0.2, 0) is 11.8 Å². The van der Waals surface area contributed by atoms with Crippen LogP contribution in [0.3, 0.4) is 0 Å². The average Bonchev–Trinajstić information content (AvgIpc) is 3.20. The Morgan fingerprint density at radius 2 is 2.12 bits per heavy atom. The van der Waals surface area contributed by atoms with Crippen LogP contribution in [0.5, 0.6) is 0 Å². The third-order valence-corrected chi connectivity index (χ3v) is 4.84. The molecule has 3 aromatic heterocycles. The van der Waals surface area contributed by atoms with Gasteiger partial charge >= 0.3 is 0 Å². The van der Waals surface area contributed by atoms with Gasteiger partial charge in [-0.3, -0.25) is 9.48 Å². The van der Waals surface area contributed by atoms with E-state index in [1.54, 1.807) is 27.7 Å². The minimum absolute atomic E-state index is 0.0560. The Morgan fingerprint density at radius 3 is 2.77 bits per heavy atom. The molecule has 136 valence electrons. The van der Waals surface area contributed by atoms with Crippen LogP contribution in [0.1, 0.15) is 24.5 Å². The zero-order valence-electron chi connectivity index (χ0n) is 14.3. The number of rotatable bonds is 3. The first kappa shape index (κ1) is 16.5. The maximum Gasteiger partial charge on any atom is 0.237 e. The van der Waals surface area contributed by atoms with Gasteiger partial charge in [-0.15, -0.1) is 0 Å². The fourth-order valence-corrected chi connectivity index (χ4v) is 3.46. The van der Waals surface area contributed by atoms with Gasteiger partial charge in [0.05, 0.1) is 18.1 Å². The second-order valence-electron chi connectivity index (χ2n) is 6.62. The molecule has 1 aliphatic rings. The van der Waals surface area contributed by atoms with Gasteiger partial charge in [0.15, 0.2) is 5.65 Å². The van der Waals surface area contributed by atoms with E-state index in [1.807, 2.05) is 13.2 Å². The van der Waals surface area contributed by atoms with Crippen molar-refractivity contribution in [3.05, 3.63) is 30.4 Å². The lowest BCUT2D eigenvalue weighted by Crippen LogP contribution is -2.48. The number of carbonyl (C=O) groups is 1. The number of aryl methyl sites for hydroxylation is 1. The molecule has 1 saturated heterocycles. The second kappa shape index (κ2) is 6.07. The molecule has 2 atom stereocenters. The molecule has 4 heterocycles. The van der Waals surface area contributed by atoms with Crippen LogP contribution in [0, 0.1) is 0 Å². The Balaban J connectivity index is 1.72. The van der Waals surface area contributed by atoms with Crippen molar-refractivity contribution in [3.8, 4) is 11.1 Å². The molecule has 3 aromatic rings. The standard InChI is InChI=1S/C16H20N8O2/c1-22-7-10(5-19-22)11-6-20-24-14(17)4-12(21-16(11)24)9-2-3-13(15(18)25)23(26)8-9/h4-7,9,13,26H,2-3,8,17H2,1H3,(H2,18,25)/t9-,13-/m0/s1. The monoisotopic (exact) mass is 356 g/mol. The van der Waals surface area contributed by atoms with E-state index in [1.165, 1.54) is 0 Å². The number of nitrogens with two attached hydrogens (primary N) is 2. The molecule has 10 nitrogen and oxygen atoms in total. The van der Waals surface area contributed by atoms with Gasteiger partial charge in [0.1, 0.15) is 11.9 Å².